The Labute approximate surface area is 90.7 Å². The van der Waals surface area contributed by atoms with E-state index >= 15 is 0 Å². The van der Waals surface area contributed by atoms with Crippen LogP contribution in [0.2, 0.25) is 0 Å². The normalized spacial score (nSPS) is 14.2. The van der Waals surface area contributed by atoms with Crippen LogP contribution in [-0.4, -0.2) is 26.2 Å². The van der Waals surface area contributed by atoms with Gasteiger partial charge in [0.05, 0.1) is 6.61 Å². The van der Waals surface area contributed by atoms with Crippen molar-refractivity contribution in [2.24, 2.45) is 0 Å². The van der Waals surface area contributed by atoms with Gasteiger partial charge in [0.15, 0.2) is 5.65 Å². The Morgan fingerprint density at radius 1 is 1.38 bits per heavy atom. The Hall–Kier alpha value is -2.17. The topological polar surface area (TPSA) is 52.3 Å². The lowest BCUT2D eigenvalue weighted by Crippen LogP contribution is -1.95. The maximum Gasteiger partial charge on any atom is 0.204 e. The van der Waals surface area contributed by atoms with Crippen LogP contribution in [0.5, 0.6) is 5.88 Å². The van der Waals surface area contributed by atoms with E-state index in [1.54, 1.807) is 12.5 Å². The first-order valence-corrected chi connectivity index (χ1v) is 5.17. The summed E-state index contributed by atoms with van der Waals surface area (Å²) in [4.78, 5) is 4.38. The summed E-state index contributed by atoms with van der Waals surface area (Å²) >= 11 is 0. The van der Waals surface area contributed by atoms with Crippen molar-refractivity contribution in [1.29, 1.82) is 0 Å². The van der Waals surface area contributed by atoms with Crippen LogP contribution in [0.15, 0.2) is 24.7 Å². The van der Waals surface area contributed by atoms with Crippen LogP contribution in [0, 0.1) is 0 Å². The van der Waals surface area contributed by atoms with Crippen LogP contribution < -0.4 is 4.74 Å². The molecule has 3 aromatic heterocycles. The van der Waals surface area contributed by atoms with E-state index in [4.69, 9.17) is 4.74 Å². The van der Waals surface area contributed by atoms with Crippen molar-refractivity contribution in [2.75, 3.05) is 6.61 Å². The number of rotatable bonds is 0. The van der Waals surface area contributed by atoms with Gasteiger partial charge in [-0.1, -0.05) is 6.07 Å². The zero-order chi connectivity index (χ0) is 10.5. The third-order valence-electron chi connectivity index (χ3n) is 2.96. The fraction of sp³-hybridized carbons (Fsp3) is 0.182. The molecule has 0 unspecified atom stereocenters. The Balaban J connectivity index is 2.35. The lowest BCUT2D eigenvalue weighted by Gasteiger charge is -2.05. The van der Waals surface area contributed by atoms with Gasteiger partial charge >= 0.3 is 0 Å². The van der Waals surface area contributed by atoms with Gasteiger partial charge in [-0.05, 0) is 6.07 Å². The summed E-state index contributed by atoms with van der Waals surface area (Å²) in [6.07, 6.45) is 4.37. The number of fused-ring (bicyclic) bond motifs is 6. The molecule has 0 atom stereocenters. The minimum atomic E-state index is 0.719. The van der Waals surface area contributed by atoms with Crippen LogP contribution in [0.25, 0.3) is 16.6 Å². The highest BCUT2D eigenvalue weighted by Crippen LogP contribution is 2.33. The third-order valence-corrected chi connectivity index (χ3v) is 2.96. The highest BCUT2D eigenvalue weighted by molar-refractivity contribution is 5.94. The molecule has 3 aromatic rings. The fourth-order valence-corrected chi connectivity index (χ4v) is 2.28. The third kappa shape index (κ3) is 0.832. The van der Waals surface area contributed by atoms with Gasteiger partial charge in [-0.15, -0.1) is 10.2 Å². The van der Waals surface area contributed by atoms with Crippen molar-refractivity contribution < 1.29 is 4.74 Å². The molecule has 0 saturated carbocycles. The van der Waals surface area contributed by atoms with Crippen LogP contribution in [0.3, 0.4) is 0 Å². The zero-order valence-corrected chi connectivity index (χ0v) is 8.42. The summed E-state index contributed by atoms with van der Waals surface area (Å²) < 4.78 is 7.51. The first kappa shape index (κ1) is 8.04. The second kappa shape index (κ2) is 2.69. The Kier molecular flexibility index (Phi) is 1.35. The maximum atomic E-state index is 5.63. The molecule has 4 rings (SSSR count). The SMILES string of the molecule is c1cnc2c(c1)c1c(n3cnnc23)OCC1. The lowest BCUT2D eigenvalue weighted by molar-refractivity contribution is 0.341. The van der Waals surface area contributed by atoms with E-state index in [9.17, 15) is 0 Å². The summed E-state index contributed by atoms with van der Waals surface area (Å²) in [6, 6.07) is 4.00. The first-order valence-electron chi connectivity index (χ1n) is 5.17. The van der Waals surface area contributed by atoms with E-state index in [-0.39, 0.29) is 0 Å². The highest BCUT2D eigenvalue weighted by Gasteiger charge is 2.21. The molecular weight excluding hydrogens is 204 g/mol. The molecule has 0 amide bonds. The minimum absolute atomic E-state index is 0.719. The van der Waals surface area contributed by atoms with Crippen molar-refractivity contribution in [3.05, 3.63) is 30.2 Å². The predicted molar refractivity (Wildman–Crippen MR) is 57.5 cm³/mol. The van der Waals surface area contributed by atoms with Gasteiger partial charge < -0.3 is 4.74 Å². The second-order valence-corrected chi connectivity index (χ2v) is 3.81. The monoisotopic (exact) mass is 212 g/mol. The molecule has 4 heterocycles. The molecule has 0 saturated heterocycles. The number of hydrogen-bond acceptors (Lipinski definition) is 4. The zero-order valence-electron chi connectivity index (χ0n) is 8.42. The quantitative estimate of drug-likeness (QED) is 0.562. The van der Waals surface area contributed by atoms with E-state index in [0.717, 1.165) is 35.5 Å². The molecule has 0 bridgehead atoms. The van der Waals surface area contributed by atoms with Crippen LogP contribution in [0.4, 0.5) is 0 Å². The number of pyridine rings is 2. The molecule has 0 N–H and O–H groups in total. The largest absolute Gasteiger partial charge is 0.478 e. The Bertz CT molecular complexity index is 704. The van der Waals surface area contributed by atoms with Gasteiger partial charge in [-0.3, -0.25) is 4.98 Å². The smallest absolute Gasteiger partial charge is 0.204 e. The molecule has 78 valence electrons. The number of ether oxygens (including phenoxy) is 1. The van der Waals surface area contributed by atoms with E-state index in [1.165, 1.54) is 5.56 Å². The summed E-state index contributed by atoms with van der Waals surface area (Å²) in [5.41, 5.74) is 2.86. The van der Waals surface area contributed by atoms with E-state index in [0.29, 0.717) is 0 Å². The average molecular weight is 212 g/mol. The molecule has 0 fully saturated rings. The molecule has 0 aromatic carbocycles. The average Bonchev–Trinajstić information content (AvgIpc) is 2.98. The van der Waals surface area contributed by atoms with Crippen molar-refractivity contribution in [3.63, 3.8) is 0 Å². The molecule has 0 radical (unpaired) electrons. The van der Waals surface area contributed by atoms with Crippen LogP contribution in [-0.2, 0) is 6.42 Å². The van der Waals surface area contributed by atoms with Gasteiger partial charge in [-0.25, -0.2) is 4.40 Å². The van der Waals surface area contributed by atoms with Gasteiger partial charge in [0.25, 0.3) is 0 Å². The summed E-state index contributed by atoms with van der Waals surface area (Å²) in [5.74, 6) is 0.862. The standard InChI is InChI=1S/C11H8N4O/c1-2-7-8-3-5-16-11(8)15-6-13-14-10(15)9(7)12-4-1/h1-2,4,6H,3,5H2. The van der Waals surface area contributed by atoms with Gasteiger partial charge in [0.2, 0.25) is 5.88 Å². The van der Waals surface area contributed by atoms with Crippen molar-refractivity contribution in [3.8, 4) is 5.88 Å². The maximum absolute atomic E-state index is 5.63. The van der Waals surface area contributed by atoms with E-state index < -0.39 is 0 Å². The molecule has 0 spiro atoms. The molecular formula is C11H8N4O. The molecule has 1 aliphatic rings. The van der Waals surface area contributed by atoms with E-state index in [1.807, 2.05) is 10.5 Å². The first-order chi connectivity index (χ1) is 7.95. The molecule has 1 aliphatic heterocycles. The van der Waals surface area contributed by atoms with Crippen LogP contribution >= 0.6 is 0 Å². The number of aromatic nitrogens is 4. The lowest BCUT2D eigenvalue weighted by atomic mass is 10.1. The van der Waals surface area contributed by atoms with Gasteiger partial charge in [0, 0.05) is 23.6 Å². The number of nitrogens with zero attached hydrogens (tertiary/aromatic N) is 4. The molecule has 16 heavy (non-hydrogen) atoms. The summed E-state index contributed by atoms with van der Waals surface area (Å²) in [5, 5.41) is 9.14. The molecule has 5 heteroatoms. The minimum Gasteiger partial charge on any atom is -0.478 e. The molecule has 0 aliphatic carbocycles. The molecule has 5 nitrogen and oxygen atoms in total. The van der Waals surface area contributed by atoms with Crippen molar-refractivity contribution in [2.45, 2.75) is 6.42 Å². The van der Waals surface area contributed by atoms with Crippen LogP contribution in [0.1, 0.15) is 5.56 Å². The van der Waals surface area contributed by atoms with Crippen molar-refractivity contribution >= 4 is 16.6 Å². The predicted octanol–water partition coefficient (Wildman–Crippen LogP) is 1.21. The summed E-state index contributed by atoms with van der Waals surface area (Å²) in [6.45, 7) is 0.719. The summed E-state index contributed by atoms with van der Waals surface area (Å²) in [7, 11) is 0. The number of hydrogen-bond donors (Lipinski definition) is 0. The Morgan fingerprint density at radius 2 is 2.38 bits per heavy atom. The highest BCUT2D eigenvalue weighted by atomic mass is 16.5. The van der Waals surface area contributed by atoms with Crippen molar-refractivity contribution in [1.82, 2.24) is 19.6 Å². The van der Waals surface area contributed by atoms with E-state index in [2.05, 4.69) is 21.2 Å². The van der Waals surface area contributed by atoms with Gasteiger partial charge in [-0.2, -0.15) is 0 Å². The Morgan fingerprint density at radius 3 is 3.38 bits per heavy atom. The van der Waals surface area contributed by atoms with Gasteiger partial charge in [0.1, 0.15) is 11.8 Å². The second-order valence-electron chi connectivity index (χ2n) is 3.81. The fourth-order valence-electron chi connectivity index (χ4n) is 2.28.